The molecular weight excluding hydrogens is 232 g/mol. The highest BCUT2D eigenvalue weighted by molar-refractivity contribution is 5.49. The first-order valence-corrected chi connectivity index (χ1v) is 5.56. The van der Waals surface area contributed by atoms with Crippen LogP contribution in [-0.4, -0.2) is 29.1 Å². The number of aliphatic hydroxyl groups is 1. The first kappa shape index (κ1) is 12.4. The lowest BCUT2D eigenvalue weighted by Gasteiger charge is -2.15. The Balaban J connectivity index is 2.44. The van der Waals surface area contributed by atoms with Crippen LogP contribution in [0, 0.1) is 0 Å². The Morgan fingerprint density at radius 3 is 2.56 bits per heavy atom. The fraction of sp³-hybridized carbons (Fsp3) is 0.308. The van der Waals surface area contributed by atoms with Crippen molar-refractivity contribution in [1.82, 2.24) is 9.78 Å². The Bertz CT molecular complexity index is 537. The van der Waals surface area contributed by atoms with Crippen LogP contribution in [0.3, 0.4) is 0 Å². The molecule has 1 N–H and O–H groups in total. The first-order chi connectivity index (χ1) is 8.67. The van der Waals surface area contributed by atoms with E-state index in [0.29, 0.717) is 22.8 Å². The standard InChI is InChI=1S/C13H16N2O3/c1-15-8-7-10(14-15)12(16)9-5-4-6-11(17-2)13(9)18-3/h4-8,12,16H,1-3H3. The second kappa shape index (κ2) is 5.10. The average Bonchev–Trinajstić information content (AvgIpc) is 2.83. The highest BCUT2D eigenvalue weighted by Crippen LogP contribution is 2.36. The highest BCUT2D eigenvalue weighted by atomic mass is 16.5. The Morgan fingerprint density at radius 2 is 2.00 bits per heavy atom. The van der Waals surface area contributed by atoms with E-state index in [0.717, 1.165) is 0 Å². The molecule has 1 aromatic carbocycles. The zero-order chi connectivity index (χ0) is 13.1. The largest absolute Gasteiger partial charge is 0.493 e. The van der Waals surface area contributed by atoms with E-state index >= 15 is 0 Å². The molecule has 2 aromatic rings. The zero-order valence-electron chi connectivity index (χ0n) is 10.6. The SMILES string of the molecule is COc1cccc(C(O)c2ccn(C)n2)c1OC. The number of nitrogens with zero attached hydrogens (tertiary/aromatic N) is 2. The summed E-state index contributed by atoms with van der Waals surface area (Å²) in [5, 5.41) is 14.5. The smallest absolute Gasteiger partial charge is 0.166 e. The van der Waals surface area contributed by atoms with Gasteiger partial charge in [-0.2, -0.15) is 5.10 Å². The van der Waals surface area contributed by atoms with Crippen LogP contribution in [0.1, 0.15) is 17.4 Å². The van der Waals surface area contributed by atoms with Crippen molar-refractivity contribution in [2.24, 2.45) is 7.05 Å². The van der Waals surface area contributed by atoms with Crippen LogP contribution in [0.4, 0.5) is 0 Å². The Kier molecular flexibility index (Phi) is 3.53. The van der Waals surface area contributed by atoms with Gasteiger partial charge in [-0.3, -0.25) is 4.68 Å². The molecule has 18 heavy (non-hydrogen) atoms. The molecule has 0 aliphatic heterocycles. The summed E-state index contributed by atoms with van der Waals surface area (Å²) in [6.45, 7) is 0. The van der Waals surface area contributed by atoms with E-state index in [9.17, 15) is 5.11 Å². The van der Waals surface area contributed by atoms with Gasteiger partial charge in [-0.15, -0.1) is 0 Å². The normalized spacial score (nSPS) is 12.2. The third kappa shape index (κ3) is 2.17. The summed E-state index contributed by atoms with van der Waals surface area (Å²) < 4.78 is 12.1. The van der Waals surface area contributed by atoms with Crippen LogP contribution in [0.5, 0.6) is 11.5 Å². The lowest BCUT2D eigenvalue weighted by molar-refractivity contribution is 0.207. The minimum Gasteiger partial charge on any atom is -0.493 e. The van der Waals surface area contributed by atoms with Gasteiger partial charge in [0.05, 0.1) is 19.9 Å². The molecule has 1 aromatic heterocycles. The van der Waals surface area contributed by atoms with Crippen molar-refractivity contribution < 1.29 is 14.6 Å². The molecule has 0 amide bonds. The molecule has 96 valence electrons. The minimum atomic E-state index is -0.837. The number of para-hydroxylation sites is 1. The van der Waals surface area contributed by atoms with Crippen molar-refractivity contribution in [3.8, 4) is 11.5 Å². The predicted molar refractivity (Wildman–Crippen MR) is 66.8 cm³/mol. The van der Waals surface area contributed by atoms with E-state index < -0.39 is 6.10 Å². The molecule has 0 aliphatic carbocycles. The Morgan fingerprint density at radius 1 is 1.22 bits per heavy atom. The average molecular weight is 248 g/mol. The van der Waals surface area contributed by atoms with Crippen molar-refractivity contribution in [2.75, 3.05) is 14.2 Å². The van der Waals surface area contributed by atoms with E-state index in [1.165, 1.54) is 0 Å². The molecule has 1 heterocycles. The van der Waals surface area contributed by atoms with Gasteiger partial charge >= 0.3 is 0 Å². The lowest BCUT2D eigenvalue weighted by atomic mass is 10.1. The second-order valence-corrected chi connectivity index (χ2v) is 3.90. The monoisotopic (exact) mass is 248 g/mol. The second-order valence-electron chi connectivity index (χ2n) is 3.90. The number of benzene rings is 1. The Labute approximate surface area is 106 Å². The summed E-state index contributed by atoms with van der Waals surface area (Å²) in [5.74, 6) is 1.11. The van der Waals surface area contributed by atoms with E-state index in [1.807, 2.05) is 6.07 Å². The molecule has 0 aliphatic rings. The molecule has 5 heteroatoms. The van der Waals surface area contributed by atoms with Crippen molar-refractivity contribution in [3.63, 3.8) is 0 Å². The number of aliphatic hydroxyl groups excluding tert-OH is 1. The van der Waals surface area contributed by atoms with Crippen LogP contribution < -0.4 is 9.47 Å². The summed E-state index contributed by atoms with van der Waals surface area (Å²) in [6, 6.07) is 7.15. The number of hydrogen-bond acceptors (Lipinski definition) is 4. The van der Waals surface area contributed by atoms with E-state index in [1.54, 1.807) is 50.3 Å². The fourth-order valence-electron chi connectivity index (χ4n) is 1.87. The predicted octanol–water partition coefficient (Wildman–Crippen LogP) is 1.52. The van der Waals surface area contributed by atoms with Crippen molar-refractivity contribution >= 4 is 0 Å². The van der Waals surface area contributed by atoms with Crippen LogP contribution in [0.15, 0.2) is 30.5 Å². The molecule has 0 spiro atoms. The molecule has 0 bridgehead atoms. The molecular formula is C13H16N2O3. The van der Waals surface area contributed by atoms with Gasteiger partial charge in [-0.05, 0) is 12.1 Å². The number of methoxy groups -OCH3 is 2. The van der Waals surface area contributed by atoms with Crippen molar-refractivity contribution in [2.45, 2.75) is 6.10 Å². The maximum atomic E-state index is 10.3. The summed E-state index contributed by atoms with van der Waals surface area (Å²) in [4.78, 5) is 0. The van der Waals surface area contributed by atoms with Gasteiger partial charge in [0, 0.05) is 18.8 Å². The molecule has 0 radical (unpaired) electrons. The molecule has 1 atom stereocenters. The molecule has 1 unspecified atom stereocenters. The molecule has 5 nitrogen and oxygen atoms in total. The van der Waals surface area contributed by atoms with Gasteiger partial charge in [-0.1, -0.05) is 12.1 Å². The molecule has 0 saturated carbocycles. The zero-order valence-corrected chi connectivity index (χ0v) is 10.6. The summed E-state index contributed by atoms with van der Waals surface area (Å²) in [7, 11) is 4.92. The number of aryl methyl sites for hydroxylation is 1. The van der Waals surface area contributed by atoms with Gasteiger partial charge in [0.25, 0.3) is 0 Å². The number of aromatic nitrogens is 2. The first-order valence-electron chi connectivity index (χ1n) is 5.56. The molecule has 0 fully saturated rings. The van der Waals surface area contributed by atoms with Gasteiger partial charge in [-0.25, -0.2) is 0 Å². The maximum Gasteiger partial charge on any atom is 0.166 e. The van der Waals surface area contributed by atoms with Gasteiger partial charge in [0.1, 0.15) is 6.10 Å². The van der Waals surface area contributed by atoms with Gasteiger partial charge in [0.2, 0.25) is 0 Å². The highest BCUT2D eigenvalue weighted by Gasteiger charge is 2.20. The quantitative estimate of drug-likeness (QED) is 0.891. The lowest BCUT2D eigenvalue weighted by Crippen LogP contribution is -2.05. The van der Waals surface area contributed by atoms with Crippen LogP contribution in [-0.2, 0) is 7.05 Å². The van der Waals surface area contributed by atoms with E-state index in [4.69, 9.17) is 9.47 Å². The fourth-order valence-corrected chi connectivity index (χ4v) is 1.87. The van der Waals surface area contributed by atoms with Gasteiger partial charge < -0.3 is 14.6 Å². The van der Waals surface area contributed by atoms with Crippen LogP contribution in [0.2, 0.25) is 0 Å². The third-order valence-electron chi connectivity index (χ3n) is 2.74. The maximum absolute atomic E-state index is 10.3. The summed E-state index contributed by atoms with van der Waals surface area (Å²) in [6.07, 6.45) is 0.946. The van der Waals surface area contributed by atoms with Crippen molar-refractivity contribution in [3.05, 3.63) is 41.7 Å². The number of ether oxygens (including phenoxy) is 2. The number of rotatable bonds is 4. The minimum absolute atomic E-state index is 0.526. The van der Waals surface area contributed by atoms with Crippen molar-refractivity contribution in [1.29, 1.82) is 0 Å². The van der Waals surface area contributed by atoms with Gasteiger partial charge in [0.15, 0.2) is 11.5 Å². The molecule has 0 saturated heterocycles. The van der Waals surface area contributed by atoms with Crippen LogP contribution >= 0.6 is 0 Å². The van der Waals surface area contributed by atoms with E-state index in [-0.39, 0.29) is 0 Å². The molecule has 2 rings (SSSR count). The third-order valence-corrected chi connectivity index (χ3v) is 2.74. The summed E-state index contributed by atoms with van der Waals surface area (Å²) in [5.41, 5.74) is 1.21. The van der Waals surface area contributed by atoms with Crippen LogP contribution in [0.25, 0.3) is 0 Å². The summed E-state index contributed by atoms with van der Waals surface area (Å²) >= 11 is 0. The topological polar surface area (TPSA) is 56.5 Å². The Hall–Kier alpha value is -2.01. The van der Waals surface area contributed by atoms with E-state index in [2.05, 4.69) is 5.10 Å². The number of hydrogen-bond donors (Lipinski definition) is 1.